The number of nitrogens with one attached hydrogen (secondary N) is 1. The molecule has 0 aromatic heterocycles. The molecule has 0 aliphatic heterocycles. The Morgan fingerprint density at radius 1 is 1.16 bits per heavy atom. The van der Waals surface area contributed by atoms with Crippen LogP contribution in [0.5, 0.6) is 0 Å². The van der Waals surface area contributed by atoms with Crippen LogP contribution in [0.25, 0.3) is 0 Å². The zero-order valence-corrected chi connectivity index (χ0v) is 14.0. The van der Waals surface area contributed by atoms with Gasteiger partial charge in [-0.25, -0.2) is 4.79 Å². The molecule has 0 bridgehead atoms. The number of hydrogen-bond donors (Lipinski definition) is 1. The summed E-state index contributed by atoms with van der Waals surface area (Å²) in [6.07, 6.45) is -0.876. The van der Waals surface area contributed by atoms with Crippen molar-refractivity contribution in [3.8, 4) is 0 Å². The molecule has 0 fully saturated rings. The summed E-state index contributed by atoms with van der Waals surface area (Å²) in [7, 11) is -3.84. The maximum absolute atomic E-state index is 12.5. The Labute approximate surface area is 127 Å². The average molecular weight is 357 g/mol. The van der Waals surface area contributed by atoms with Crippen LogP contribution in [0.3, 0.4) is 0 Å². The number of alkyl carbamates (subject to hydrolysis) is 1. The lowest BCUT2D eigenvalue weighted by Gasteiger charge is -2.30. The summed E-state index contributed by atoms with van der Waals surface area (Å²) in [5.41, 5.74) is 0. The Bertz CT molecular complexity index is 326. The van der Waals surface area contributed by atoms with Crippen molar-refractivity contribution in [1.29, 1.82) is 0 Å². The first-order chi connectivity index (χ1) is 8.71. The second-order valence-corrected chi connectivity index (χ2v) is 7.67. The second kappa shape index (κ2) is 8.55. The van der Waals surface area contributed by atoms with Crippen molar-refractivity contribution in [2.75, 3.05) is 19.8 Å². The third-order valence-corrected chi connectivity index (χ3v) is 5.27. The predicted octanol–water partition coefficient (Wildman–Crippen LogP) is 3.69. The largest absolute Gasteiger partial charge is 0.450 e. The molecule has 0 aliphatic rings. The third-order valence-electron chi connectivity index (χ3n) is 1.77. The van der Waals surface area contributed by atoms with Crippen LogP contribution < -0.4 is 5.32 Å². The molecule has 1 N–H and O–H groups in total. The Balaban J connectivity index is 5.20. The molecule has 0 unspecified atom stereocenters. The zero-order chi connectivity index (χ0) is 15.1. The van der Waals surface area contributed by atoms with Gasteiger partial charge in [-0.3, -0.25) is 4.57 Å². The lowest BCUT2D eigenvalue weighted by molar-refractivity contribution is 0.146. The molecule has 10 heteroatoms. The highest BCUT2D eigenvalue weighted by Gasteiger charge is 2.50. The molecule has 1 atom stereocenters. The number of rotatable bonds is 7. The highest BCUT2D eigenvalue weighted by molar-refractivity contribution is 7.55. The number of carbonyl (C=O) groups excluding carboxylic acids is 1. The van der Waals surface area contributed by atoms with Gasteiger partial charge in [0.2, 0.25) is 3.79 Å². The topological polar surface area (TPSA) is 73.9 Å². The summed E-state index contributed by atoms with van der Waals surface area (Å²) >= 11 is 17.2. The van der Waals surface area contributed by atoms with Crippen LogP contribution in [0.2, 0.25) is 0 Å². The van der Waals surface area contributed by atoms with E-state index in [9.17, 15) is 9.36 Å². The molecule has 0 heterocycles. The van der Waals surface area contributed by atoms with E-state index in [1.54, 1.807) is 20.8 Å². The minimum atomic E-state index is -3.84. The summed E-state index contributed by atoms with van der Waals surface area (Å²) in [5.74, 6) is -1.47. The van der Waals surface area contributed by atoms with E-state index in [1.807, 2.05) is 0 Å². The SMILES string of the molecule is CCOC(=O)N[C@H](C(Cl)(Cl)Cl)P(=O)(OCC)OCC. The average Bonchev–Trinajstić information content (AvgIpc) is 2.25. The molecular weight excluding hydrogens is 339 g/mol. The summed E-state index contributed by atoms with van der Waals surface area (Å²) < 4.78 is 25.2. The summed E-state index contributed by atoms with van der Waals surface area (Å²) in [5, 5.41) is 2.20. The fourth-order valence-electron chi connectivity index (χ4n) is 1.17. The van der Waals surface area contributed by atoms with Crippen LogP contribution in [0.15, 0.2) is 0 Å². The number of alkyl halides is 3. The van der Waals surface area contributed by atoms with E-state index in [4.69, 9.17) is 43.9 Å². The molecule has 0 rings (SSSR count). The first-order valence-electron chi connectivity index (χ1n) is 5.60. The minimum Gasteiger partial charge on any atom is -0.450 e. The van der Waals surface area contributed by atoms with Crippen molar-refractivity contribution < 1.29 is 23.1 Å². The number of halogens is 3. The normalized spacial score (nSPS) is 14.0. The van der Waals surface area contributed by atoms with Crippen molar-refractivity contribution in [2.24, 2.45) is 0 Å². The summed E-state index contributed by atoms with van der Waals surface area (Å²) in [4.78, 5) is 11.4. The van der Waals surface area contributed by atoms with Crippen LogP contribution >= 0.6 is 42.4 Å². The van der Waals surface area contributed by atoms with Gasteiger partial charge in [0.1, 0.15) is 0 Å². The first-order valence-corrected chi connectivity index (χ1v) is 8.34. The zero-order valence-electron chi connectivity index (χ0n) is 10.8. The van der Waals surface area contributed by atoms with E-state index in [0.717, 1.165) is 0 Å². The van der Waals surface area contributed by atoms with Gasteiger partial charge in [0.05, 0.1) is 19.8 Å². The van der Waals surface area contributed by atoms with E-state index in [2.05, 4.69) is 10.1 Å². The minimum absolute atomic E-state index is 0.0685. The van der Waals surface area contributed by atoms with Crippen molar-refractivity contribution in [3.05, 3.63) is 0 Å². The van der Waals surface area contributed by atoms with E-state index >= 15 is 0 Å². The van der Waals surface area contributed by atoms with Crippen molar-refractivity contribution in [1.82, 2.24) is 5.32 Å². The second-order valence-electron chi connectivity index (χ2n) is 3.18. The molecule has 0 aromatic rings. The van der Waals surface area contributed by atoms with Crippen molar-refractivity contribution in [2.45, 2.75) is 30.3 Å². The summed E-state index contributed by atoms with van der Waals surface area (Å²) in [6, 6.07) is 0. The van der Waals surface area contributed by atoms with Crippen LogP contribution in [0, 0.1) is 0 Å². The third kappa shape index (κ3) is 6.52. The Morgan fingerprint density at radius 3 is 1.95 bits per heavy atom. The molecule has 114 valence electrons. The molecule has 0 saturated heterocycles. The Kier molecular flexibility index (Phi) is 8.68. The Hall–Kier alpha value is 0.290. The summed E-state index contributed by atoms with van der Waals surface area (Å²) in [6.45, 7) is 5.07. The van der Waals surface area contributed by atoms with Gasteiger partial charge >= 0.3 is 13.7 Å². The maximum atomic E-state index is 12.5. The lowest BCUT2D eigenvalue weighted by atomic mass is 10.7. The molecule has 0 radical (unpaired) electrons. The van der Waals surface area contributed by atoms with E-state index in [1.165, 1.54) is 0 Å². The molecule has 0 aromatic carbocycles. The molecular formula is C9H17Cl3NO5P. The molecule has 19 heavy (non-hydrogen) atoms. The fourth-order valence-corrected chi connectivity index (χ4v) is 4.12. The van der Waals surface area contributed by atoms with Gasteiger partial charge in [-0.15, -0.1) is 0 Å². The van der Waals surface area contributed by atoms with Gasteiger partial charge in [0.25, 0.3) is 0 Å². The van der Waals surface area contributed by atoms with E-state index in [-0.39, 0.29) is 19.8 Å². The first kappa shape index (κ1) is 19.3. The number of carbonyl (C=O) groups is 1. The maximum Gasteiger partial charge on any atom is 0.408 e. The fraction of sp³-hybridized carbons (Fsp3) is 0.889. The standard InChI is InChI=1S/C9H17Cl3NO5P/c1-4-16-8(14)13-7(9(10,11)12)19(15,17-5-2)18-6-3/h7H,4-6H2,1-3H3,(H,13,14)/t7-/m0/s1. The predicted molar refractivity (Wildman–Crippen MR) is 75.1 cm³/mol. The highest BCUT2D eigenvalue weighted by Crippen LogP contribution is 2.58. The van der Waals surface area contributed by atoms with Crippen LogP contribution in [0.1, 0.15) is 20.8 Å². The smallest absolute Gasteiger partial charge is 0.408 e. The van der Waals surface area contributed by atoms with Crippen LogP contribution in [-0.4, -0.2) is 35.5 Å². The van der Waals surface area contributed by atoms with Gasteiger partial charge in [-0.05, 0) is 20.8 Å². The van der Waals surface area contributed by atoms with Crippen LogP contribution in [0.4, 0.5) is 4.79 Å². The molecule has 0 saturated carbocycles. The number of amides is 1. The number of ether oxygens (including phenoxy) is 1. The highest BCUT2D eigenvalue weighted by atomic mass is 35.6. The number of hydrogen-bond acceptors (Lipinski definition) is 5. The Morgan fingerprint density at radius 2 is 1.63 bits per heavy atom. The lowest BCUT2D eigenvalue weighted by Crippen LogP contribution is -2.44. The molecule has 0 aliphatic carbocycles. The molecule has 6 nitrogen and oxygen atoms in total. The quantitative estimate of drug-likeness (QED) is 0.556. The molecule has 1 amide bonds. The van der Waals surface area contributed by atoms with Crippen molar-refractivity contribution >= 4 is 48.5 Å². The van der Waals surface area contributed by atoms with Crippen LogP contribution in [-0.2, 0) is 18.3 Å². The van der Waals surface area contributed by atoms with Gasteiger partial charge in [0, 0.05) is 0 Å². The van der Waals surface area contributed by atoms with Gasteiger partial charge < -0.3 is 19.1 Å². The van der Waals surface area contributed by atoms with Gasteiger partial charge in [-0.1, -0.05) is 34.8 Å². The molecule has 0 spiro atoms. The van der Waals surface area contributed by atoms with E-state index in [0.29, 0.717) is 0 Å². The van der Waals surface area contributed by atoms with Crippen molar-refractivity contribution in [3.63, 3.8) is 0 Å². The van der Waals surface area contributed by atoms with E-state index < -0.39 is 23.3 Å². The monoisotopic (exact) mass is 355 g/mol. The van der Waals surface area contributed by atoms with Gasteiger partial charge in [0.15, 0.2) is 5.78 Å². The van der Waals surface area contributed by atoms with Gasteiger partial charge in [-0.2, -0.15) is 0 Å².